The second-order valence-electron chi connectivity index (χ2n) is 11.4. The SMILES string of the molecule is C[C@H](CO)N1C[C@H](C)[C@@H](CN(C)C(=O)[C@@H](Cc2ccccc2)N(C)C)OCc2ccccc2-c2ccccc2C1=O. The molecule has 1 heterocycles. The minimum Gasteiger partial charge on any atom is -0.394 e. The van der Waals surface area contributed by atoms with Gasteiger partial charge in [-0.1, -0.05) is 79.7 Å². The molecule has 0 fully saturated rings. The van der Waals surface area contributed by atoms with Crippen molar-refractivity contribution in [1.82, 2.24) is 14.7 Å². The number of nitrogens with zero attached hydrogens (tertiary/aromatic N) is 3. The fraction of sp³-hybridized carbons (Fsp3) is 0.412. The van der Waals surface area contributed by atoms with Gasteiger partial charge in [0.2, 0.25) is 5.91 Å². The van der Waals surface area contributed by atoms with E-state index in [0.29, 0.717) is 31.7 Å². The molecule has 0 aliphatic carbocycles. The van der Waals surface area contributed by atoms with Crippen molar-refractivity contribution in [3.8, 4) is 11.1 Å². The third-order valence-corrected chi connectivity index (χ3v) is 8.10. The van der Waals surface area contributed by atoms with Gasteiger partial charge in [-0.3, -0.25) is 14.5 Å². The molecular formula is C34H43N3O4. The van der Waals surface area contributed by atoms with Gasteiger partial charge < -0.3 is 19.6 Å². The summed E-state index contributed by atoms with van der Waals surface area (Å²) in [6, 6.07) is 25.0. The van der Waals surface area contributed by atoms with Gasteiger partial charge in [-0.25, -0.2) is 0 Å². The summed E-state index contributed by atoms with van der Waals surface area (Å²) in [4.78, 5) is 33.2. The first-order valence-corrected chi connectivity index (χ1v) is 14.4. The zero-order valence-electron chi connectivity index (χ0n) is 24.9. The highest BCUT2D eigenvalue weighted by atomic mass is 16.5. The van der Waals surface area contributed by atoms with Crippen LogP contribution in [0.4, 0.5) is 0 Å². The van der Waals surface area contributed by atoms with Crippen LogP contribution < -0.4 is 0 Å². The lowest BCUT2D eigenvalue weighted by molar-refractivity contribution is -0.137. The van der Waals surface area contributed by atoms with E-state index in [-0.39, 0.29) is 42.5 Å². The Morgan fingerprint density at radius 1 is 0.951 bits per heavy atom. The lowest BCUT2D eigenvalue weighted by Gasteiger charge is -2.36. The standard InChI is InChI=1S/C34H43N3O4/c1-24-20-37(25(2)22-38)33(39)30-18-12-11-17-29(30)28-16-10-9-15-27(28)23-41-32(24)21-36(5)34(40)31(35(3)4)19-26-13-7-6-8-14-26/h6-18,24-25,31-32,38H,19-23H2,1-5H3/t24-,25+,31+,32+/m0/s1. The third kappa shape index (κ3) is 7.22. The summed E-state index contributed by atoms with van der Waals surface area (Å²) in [5, 5.41) is 10.1. The third-order valence-electron chi connectivity index (χ3n) is 8.10. The maximum absolute atomic E-state index is 14.0. The number of carbonyl (C=O) groups is 2. The Bertz CT molecular complexity index is 1310. The minimum absolute atomic E-state index is 0.0217. The lowest BCUT2D eigenvalue weighted by atomic mass is 9.94. The van der Waals surface area contributed by atoms with E-state index in [1.807, 2.05) is 112 Å². The lowest BCUT2D eigenvalue weighted by Crippen LogP contribution is -2.50. The number of amides is 2. The molecule has 1 aliphatic rings. The van der Waals surface area contributed by atoms with Crippen molar-refractivity contribution < 1.29 is 19.4 Å². The van der Waals surface area contributed by atoms with E-state index in [4.69, 9.17) is 4.74 Å². The molecule has 0 saturated heterocycles. The quantitative estimate of drug-likeness (QED) is 0.446. The molecule has 0 radical (unpaired) electrons. The maximum Gasteiger partial charge on any atom is 0.254 e. The Morgan fingerprint density at radius 2 is 1.56 bits per heavy atom. The van der Waals surface area contributed by atoms with Crippen LogP contribution in [0.25, 0.3) is 11.1 Å². The number of aliphatic hydroxyl groups excluding tert-OH is 1. The van der Waals surface area contributed by atoms with Crippen LogP contribution in [0.5, 0.6) is 0 Å². The van der Waals surface area contributed by atoms with Crippen LogP contribution >= 0.6 is 0 Å². The highest BCUT2D eigenvalue weighted by Gasteiger charge is 2.32. The molecule has 0 aromatic heterocycles. The van der Waals surface area contributed by atoms with E-state index in [1.165, 1.54) is 0 Å². The van der Waals surface area contributed by atoms with Gasteiger partial charge in [-0.15, -0.1) is 0 Å². The van der Waals surface area contributed by atoms with Crippen molar-refractivity contribution in [1.29, 1.82) is 0 Å². The first kappa shape index (κ1) is 30.4. The molecule has 1 aliphatic heterocycles. The van der Waals surface area contributed by atoms with E-state index in [9.17, 15) is 14.7 Å². The van der Waals surface area contributed by atoms with Crippen molar-refractivity contribution >= 4 is 11.8 Å². The monoisotopic (exact) mass is 557 g/mol. The molecule has 218 valence electrons. The number of likely N-dealkylation sites (N-methyl/N-ethyl adjacent to an activating group) is 2. The van der Waals surface area contributed by atoms with Crippen LogP contribution in [-0.4, -0.2) is 90.6 Å². The predicted octanol–water partition coefficient (Wildman–Crippen LogP) is 4.34. The molecule has 3 aromatic carbocycles. The molecular weight excluding hydrogens is 514 g/mol. The molecule has 7 nitrogen and oxygen atoms in total. The van der Waals surface area contributed by atoms with Gasteiger partial charge in [0.25, 0.3) is 5.91 Å². The zero-order valence-corrected chi connectivity index (χ0v) is 24.9. The summed E-state index contributed by atoms with van der Waals surface area (Å²) in [6.07, 6.45) is 0.277. The average Bonchev–Trinajstić information content (AvgIpc) is 3.01. The van der Waals surface area contributed by atoms with Crippen LogP contribution in [-0.2, 0) is 22.6 Å². The van der Waals surface area contributed by atoms with E-state index >= 15 is 0 Å². The number of ether oxygens (including phenoxy) is 1. The molecule has 0 spiro atoms. The Balaban J connectivity index is 1.65. The van der Waals surface area contributed by atoms with Gasteiger partial charge in [0, 0.05) is 31.6 Å². The molecule has 4 rings (SSSR count). The predicted molar refractivity (Wildman–Crippen MR) is 162 cm³/mol. The molecule has 4 atom stereocenters. The van der Waals surface area contributed by atoms with Gasteiger partial charge in [-0.05, 0) is 55.8 Å². The van der Waals surface area contributed by atoms with Gasteiger partial charge in [0.15, 0.2) is 0 Å². The summed E-state index contributed by atoms with van der Waals surface area (Å²) >= 11 is 0. The molecule has 1 N–H and O–H groups in total. The normalized spacial score (nSPS) is 19.1. The molecule has 0 unspecified atom stereocenters. The average molecular weight is 558 g/mol. The first-order chi connectivity index (χ1) is 19.7. The Labute approximate surface area is 244 Å². The Morgan fingerprint density at radius 3 is 2.22 bits per heavy atom. The Kier molecular flexibility index (Phi) is 10.3. The molecule has 3 aromatic rings. The summed E-state index contributed by atoms with van der Waals surface area (Å²) in [6.45, 7) is 4.88. The van der Waals surface area contributed by atoms with E-state index in [2.05, 4.69) is 6.92 Å². The summed E-state index contributed by atoms with van der Waals surface area (Å²) in [5.41, 5.74) is 4.49. The summed E-state index contributed by atoms with van der Waals surface area (Å²) in [7, 11) is 5.69. The van der Waals surface area contributed by atoms with Crippen molar-refractivity contribution in [2.75, 3.05) is 40.8 Å². The maximum atomic E-state index is 14.0. The van der Waals surface area contributed by atoms with Crippen LogP contribution in [0.15, 0.2) is 78.9 Å². The number of aliphatic hydroxyl groups is 1. The van der Waals surface area contributed by atoms with Crippen molar-refractivity contribution in [2.45, 2.75) is 45.1 Å². The van der Waals surface area contributed by atoms with Crippen molar-refractivity contribution in [3.05, 3.63) is 95.6 Å². The Hall–Kier alpha value is -3.52. The van der Waals surface area contributed by atoms with Gasteiger partial charge in [0.05, 0.1) is 31.4 Å². The highest BCUT2D eigenvalue weighted by molar-refractivity contribution is 6.01. The van der Waals surface area contributed by atoms with Gasteiger partial charge >= 0.3 is 0 Å². The van der Waals surface area contributed by atoms with Crippen LogP contribution in [0.1, 0.15) is 35.3 Å². The molecule has 41 heavy (non-hydrogen) atoms. The summed E-state index contributed by atoms with van der Waals surface area (Å²) < 4.78 is 6.60. The summed E-state index contributed by atoms with van der Waals surface area (Å²) in [5.74, 6) is -0.203. The number of hydrogen-bond donors (Lipinski definition) is 1. The van der Waals surface area contributed by atoms with Crippen molar-refractivity contribution in [2.24, 2.45) is 5.92 Å². The number of benzene rings is 3. The zero-order chi connectivity index (χ0) is 29.5. The van der Waals surface area contributed by atoms with Crippen LogP contribution in [0, 0.1) is 5.92 Å². The highest BCUT2D eigenvalue weighted by Crippen LogP contribution is 2.31. The number of rotatable bonds is 8. The fourth-order valence-corrected chi connectivity index (χ4v) is 5.49. The topological polar surface area (TPSA) is 73.3 Å². The first-order valence-electron chi connectivity index (χ1n) is 14.4. The largest absolute Gasteiger partial charge is 0.394 e. The van der Waals surface area contributed by atoms with Crippen molar-refractivity contribution in [3.63, 3.8) is 0 Å². The number of carbonyl (C=O) groups excluding carboxylic acids is 2. The van der Waals surface area contributed by atoms with E-state index < -0.39 is 0 Å². The number of fused-ring (bicyclic) bond motifs is 3. The van der Waals surface area contributed by atoms with E-state index in [1.54, 1.807) is 9.80 Å². The van der Waals surface area contributed by atoms with Crippen LogP contribution in [0.3, 0.4) is 0 Å². The second-order valence-corrected chi connectivity index (χ2v) is 11.4. The molecule has 0 saturated carbocycles. The van der Waals surface area contributed by atoms with Crippen LogP contribution in [0.2, 0.25) is 0 Å². The van der Waals surface area contributed by atoms with E-state index in [0.717, 1.165) is 22.3 Å². The minimum atomic E-state index is -0.377. The van der Waals surface area contributed by atoms with Gasteiger partial charge in [0.1, 0.15) is 0 Å². The van der Waals surface area contributed by atoms with Gasteiger partial charge in [-0.2, -0.15) is 0 Å². The smallest absolute Gasteiger partial charge is 0.254 e. The number of hydrogen-bond acceptors (Lipinski definition) is 5. The molecule has 7 heteroatoms. The molecule has 2 amide bonds. The fourth-order valence-electron chi connectivity index (χ4n) is 5.49. The molecule has 0 bridgehead atoms. The second kappa shape index (κ2) is 13.9.